The summed E-state index contributed by atoms with van der Waals surface area (Å²) in [7, 11) is 79.6. The Morgan fingerprint density at radius 2 is 0.250 bits per heavy atom. The molecule has 0 aliphatic carbocycles. The van der Waals surface area contributed by atoms with E-state index in [9.17, 15) is 0 Å². The van der Waals surface area contributed by atoms with Gasteiger partial charge in [-0.25, -0.2) is 0 Å². The van der Waals surface area contributed by atoms with E-state index in [0.29, 0.717) is 129 Å². The molecule has 0 aliphatic rings. The summed E-state index contributed by atoms with van der Waals surface area (Å²) in [5, 5.41) is 0. The second kappa shape index (κ2) is 46.2. The van der Waals surface area contributed by atoms with Crippen LogP contribution in [0.4, 0.5) is 0 Å². The van der Waals surface area contributed by atoms with Gasteiger partial charge < -0.3 is 111 Å². The summed E-state index contributed by atoms with van der Waals surface area (Å²) in [6.45, 7) is 20.0. The monoisotopic (exact) mass is 1800 g/mol. The van der Waals surface area contributed by atoms with Crippen LogP contribution in [-0.4, -0.2) is 465 Å². The van der Waals surface area contributed by atoms with Crippen LogP contribution in [-0.2, 0) is 38.5 Å². The lowest BCUT2D eigenvalue weighted by molar-refractivity contribution is -0.870. The molecular formula is C104H186N12O12+12. The van der Waals surface area contributed by atoms with E-state index < -0.39 is 0 Å². The van der Waals surface area contributed by atoms with Crippen molar-refractivity contribution in [1.82, 2.24) is 0 Å². The molecule has 24 heteroatoms. The van der Waals surface area contributed by atoms with Crippen LogP contribution in [0, 0.1) is 6.92 Å². The third kappa shape index (κ3) is 43.2. The summed E-state index contributed by atoms with van der Waals surface area (Å²) in [6, 6.07) is 26.7. The van der Waals surface area contributed by atoms with E-state index in [2.05, 4.69) is 340 Å². The van der Waals surface area contributed by atoms with Gasteiger partial charge in [-0.05, 0) is 97.3 Å². The van der Waals surface area contributed by atoms with Crippen LogP contribution in [0.3, 0.4) is 0 Å². The molecule has 0 unspecified atom stereocenters. The van der Waals surface area contributed by atoms with Crippen molar-refractivity contribution in [2.24, 2.45) is 0 Å². The molecule has 722 valence electrons. The van der Waals surface area contributed by atoms with Crippen LogP contribution < -0.4 is 56.8 Å². The van der Waals surface area contributed by atoms with Gasteiger partial charge in [-0.1, -0.05) is 6.92 Å². The molecule has 0 aliphatic heterocycles. The van der Waals surface area contributed by atoms with Crippen molar-refractivity contribution in [1.29, 1.82) is 0 Å². The molecule has 0 bridgehead atoms. The van der Waals surface area contributed by atoms with Crippen LogP contribution >= 0.6 is 0 Å². The molecule has 24 nitrogen and oxygen atoms in total. The van der Waals surface area contributed by atoms with Gasteiger partial charge in [0.05, 0.1) is 254 Å². The second-order valence-corrected chi connectivity index (χ2v) is 48.1. The fourth-order valence-electron chi connectivity index (χ4n) is 13.4. The largest absolute Gasteiger partial charge is 0.487 e. The number of rotatable bonds is 59. The fourth-order valence-corrected chi connectivity index (χ4v) is 13.4. The maximum absolute atomic E-state index is 7.30. The number of aryl methyl sites for hydroxylation is 2. The zero-order valence-corrected chi connectivity index (χ0v) is 88.4. The lowest BCUT2D eigenvalue weighted by Crippen LogP contribution is -2.38. The van der Waals surface area contributed by atoms with E-state index in [4.69, 9.17) is 56.8 Å². The third-order valence-electron chi connectivity index (χ3n) is 22.1. The van der Waals surface area contributed by atoms with Crippen molar-refractivity contribution in [2.75, 3.05) is 412 Å². The highest BCUT2D eigenvalue weighted by molar-refractivity contribution is 5.59. The first-order valence-electron chi connectivity index (χ1n) is 46.8. The van der Waals surface area contributed by atoms with Crippen molar-refractivity contribution in [2.45, 2.75) is 52.4 Å². The molecule has 0 heterocycles. The van der Waals surface area contributed by atoms with Gasteiger partial charge >= 0.3 is 0 Å². The van der Waals surface area contributed by atoms with Crippen LogP contribution in [0.1, 0.15) is 73.7 Å². The van der Waals surface area contributed by atoms with Crippen molar-refractivity contribution in [3.63, 3.8) is 0 Å². The summed E-state index contributed by atoms with van der Waals surface area (Å²) in [5.74, 6) is 9.64. The van der Waals surface area contributed by atoms with Gasteiger partial charge in [0.2, 0.25) is 0 Å². The Morgan fingerprint density at radius 3 is 0.375 bits per heavy atom. The predicted molar refractivity (Wildman–Crippen MR) is 528 cm³/mol. The topological polar surface area (TPSA) is 111 Å². The molecular weight excluding hydrogens is 1610 g/mol. The number of hydrogen-bond acceptors (Lipinski definition) is 12. The minimum atomic E-state index is 0.430. The van der Waals surface area contributed by atoms with E-state index in [0.717, 1.165) is 257 Å². The summed E-state index contributed by atoms with van der Waals surface area (Å²) in [6.07, 6.45) is 3.14. The Labute approximate surface area is 779 Å². The van der Waals surface area contributed by atoms with E-state index in [-0.39, 0.29) is 0 Å². The van der Waals surface area contributed by atoms with E-state index >= 15 is 0 Å². The zero-order valence-electron chi connectivity index (χ0n) is 88.4. The Bertz CT molecular complexity index is 4440. The summed E-state index contributed by atoms with van der Waals surface area (Å²) in [5.41, 5.74) is 12.0. The van der Waals surface area contributed by atoms with E-state index in [1.54, 1.807) is 0 Å². The zero-order chi connectivity index (χ0) is 96.0. The molecule has 0 N–H and O–H groups in total. The molecule has 0 aromatic heterocycles. The van der Waals surface area contributed by atoms with Crippen LogP contribution in [0.25, 0.3) is 0 Å². The molecule has 6 aromatic rings. The number of likely N-dealkylation sites (N-methyl/N-ethyl adjacent to an activating group) is 12. The molecule has 0 fully saturated rings. The molecule has 0 radical (unpaired) electrons. The van der Waals surface area contributed by atoms with Crippen molar-refractivity contribution in [3.05, 3.63) is 140 Å². The maximum Gasteiger partial charge on any atom is 0.137 e. The number of ether oxygens (including phenoxy) is 12. The first kappa shape index (κ1) is 109. The number of nitrogens with zero attached hydrogens (tertiary/aromatic N) is 12. The molecule has 0 saturated carbocycles. The Balaban J connectivity index is 1.69. The summed E-state index contributed by atoms with van der Waals surface area (Å²) >= 11 is 0. The van der Waals surface area contributed by atoms with E-state index in [1.165, 1.54) is 0 Å². The Morgan fingerprint density at radius 1 is 0.148 bits per heavy atom. The standard InChI is InChI=1S/C104H186N12O12/c1-39-82-70-96(120-55-43-108(12,13)14)84(72-95(82)119-54-42-107(9,10)11)66-86-74-100(124-59-47-112(24,25)26)88(76-99(86)123-58-46-111(21,22)23)68-90-78-104(128-63-51-116(36,37)38)92(80-103(90)127-62-50-115(33,34)35)69-91-79-101(125-60-48-113(27,28)29)89(77-102(91)126-61-49-114(30,31)32)67-87-75-97(121-56-44-109(15,16)17)85(73-98(87)122-57-45-110(18,19)20)65-83-71-93(117-52-40-105(3,4)5)81(2)64-94(83)118-53-41-106(6,7)8/h64,70-80H,39-63,65-69H2,1-38H3/q+12. The van der Waals surface area contributed by atoms with Crippen molar-refractivity contribution < 1.29 is 111 Å². The van der Waals surface area contributed by atoms with Crippen LogP contribution in [0.15, 0.2) is 72.8 Å². The van der Waals surface area contributed by atoms with Gasteiger partial charge in [0.1, 0.15) is 227 Å². The lowest BCUT2D eigenvalue weighted by Gasteiger charge is -2.27. The smallest absolute Gasteiger partial charge is 0.137 e. The molecule has 0 saturated heterocycles. The van der Waals surface area contributed by atoms with Gasteiger partial charge in [0, 0.05) is 87.7 Å². The maximum atomic E-state index is 7.30. The van der Waals surface area contributed by atoms with Crippen molar-refractivity contribution >= 4 is 0 Å². The molecule has 128 heavy (non-hydrogen) atoms. The lowest BCUT2D eigenvalue weighted by atomic mass is 9.93. The minimum Gasteiger partial charge on any atom is -0.487 e. The highest BCUT2D eigenvalue weighted by Gasteiger charge is 2.29. The molecule has 0 amide bonds. The Kier molecular flexibility index (Phi) is 39.4. The average Bonchev–Trinajstić information content (AvgIpc) is 0.784. The van der Waals surface area contributed by atoms with E-state index in [1.807, 2.05) is 0 Å². The second-order valence-electron chi connectivity index (χ2n) is 48.1. The number of quaternary nitrogens is 12. The average molecular weight is 1800 g/mol. The van der Waals surface area contributed by atoms with Gasteiger partial charge in [0.25, 0.3) is 0 Å². The molecule has 0 atom stereocenters. The Hall–Kier alpha value is -7.56. The van der Waals surface area contributed by atoms with Crippen LogP contribution in [0.5, 0.6) is 69.0 Å². The van der Waals surface area contributed by atoms with Gasteiger partial charge in [-0.15, -0.1) is 0 Å². The van der Waals surface area contributed by atoms with Gasteiger partial charge in [-0.3, -0.25) is 0 Å². The first-order valence-corrected chi connectivity index (χ1v) is 46.8. The third-order valence-corrected chi connectivity index (χ3v) is 22.1. The first-order chi connectivity index (χ1) is 58.7. The van der Waals surface area contributed by atoms with Gasteiger partial charge in [0.15, 0.2) is 0 Å². The van der Waals surface area contributed by atoms with Gasteiger partial charge in [-0.2, -0.15) is 0 Å². The molecule has 0 spiro atoms. The number of hydrogen-bond donors (Lipinski definition) is 0. The molecule has 6 rings (SSSR count). The normalized spacial score (nSPS) is 13.1. The summed E-state index contributed by atoms with van der Waals surface area (Å²) in [4.78, 5) is 0. The predicted octanol–water partition coefficient (Wildman–Crippen LogP) is 11.5. The summed E-state index contributed by atoms with van der Waals surface area (Å²) < 4.78 is 94.0. The highest BCUT2D eigenvalue weighted by atomic mass is 16.5. The fraction of sp³-hybridized carbons (Fsp3) is 0.654. The van der Waals surface area contributed by atoms with Crippen molar-refractivity contribution in [3.8, 4) is 69.0 Å². The van der Waals surface area contributed by atoms with Crippen LogP contribution in [0.2, 0.25) is 0 Å². The molecule has 6 aromatic carbocycles. The SMILES string of the molecule is CCc1cc(OCC[N+](C)(C)C)c(Cc2cc(OCC[N+](C)(C)C)c(Cc3cc(OCC[N+](C)(C)C)c(Cc4cc(OCC[N+](C)(C)C)c(Cc5cc(OCC[N+](C)(C)C)c(Cc6cc(OCC[N+](C)(C)C)c(C)cc6OCC[N+](C)(C)C)cc5OCC[N+](C)(C)C)cc4OCC[N+](C)(C)C)cc3OCC[N+](C)(C)C)cc2OCC[N+](C)(C)C)cc1OCC[N+](C)(C)C. The quantitative estimate of drug-likeness (QED) is 0.0339. The highest BCUT2D eigenvalue weighted by Crippen LogP contribution is 2.44. The number of benzene rings is 6. The minimum absolute atomic E-state index is 0.430.